The van der Waals surface area contributed by atoms with Gasteiger partial charge in [-0.15, -0.1) is 0 Å². The SMILES string of the molecule is CC1CC(C(=O)O)CN(C(=O)NCC(C)Oc2ccccc2Br)C1. The van der Waals surface area contributed by atoms with Gasteiger partial charge in [0.1, 0.15) is 11.9 Å². The second-order valence-corrected chi connectivity index (χ2v) is 7.18. The van der Waals surface area contributed by atoms with Gasteiger partial charge in [-0.2, -0.15) is 0 Å². The van der Waals surface area contributed by atoms with Crippen LogP contribution >= 0.6 is 15.9 Å². The molecular formula is C17H23BrN2O4. The third-order valence-corrected chi connectivity index (χ3v) is 4.66. The van der Waals surface area contributed by atoms with E-state index in [1.807, 2.05) is 38.1 Å². The van der Waals surface area contributed by atoms with Crippen molar-refractivity contribution in [3.05, 3.63) is 28.7 Å². The van der Waals surface area contributed by atoms with Gasteiger partial charge in [-0.05, 0) is 47.3 Å². The quantitative estimate of drug-likeness (QED) is 0.798. The number of piperidine rings is 1. The van der Waals surface area contributed by atoms with Crippen molar-refractivity contribution in [2.45, 2.75) is 26.4 Å². The van der Waals surface area contributed by atoms with Gasteiger partial charge >= 0.3 is 12.0 Å². The average Bonchev–Trinajstić information content (AvgIpc) is 2.54. The topological polar surface area (TPSA) is 78.9 Å². The average molecular weight is 399 g/mol. The molecule has 2 N–H and O–H groups in total. The zero-order valence-corrected chi connectivity index (χ0v) is 15.5. The number of amides is 2. The molecule has 1 aliphatic rings. The molecule has 0 spiro atoms. The lowest BCUT2D eigenvalue weighted by Gasteiger charge is -2.34. The van der Waals surface area contributed by atoms with Crippen molar-refractivity contribution >= 4 is 27.9 Å². The normalized spacial score (nSPS) is 21.9. The molecule has 7 heteroatoms. The fraction of sp³-hybridized carbons (Fsp3) is 0.529. The first-order valence-electron chi connectivity index (χ1n) is 8.03. The number of halogens is 1. The summed E-state index contributed by atoms with van der Waals surface area (Å²) in [5.74, 6) is -0.435. The van der Waals surface area contributed by atoms with E-state index in [4.69, 9.17) is 4.74 Å². The monoisotopic (exact) mass is 398 g/mol. The number of para-hydroxylation sites is 1. The summed E-state index contributed by atoms with van der Waals surface area (Å²) in [7, 11) is 0. The fourth-order valence-corrected chi connectivity index (χ4v) is 3.22. The van der Waals surface area contributed by atoms with Crippen molar-refractivity contribution < 1.29 is 19.4 Å². The predicted molar refractivity (Wildman–Crippen MR) is 94.1 cm³/mol. The van der Waals surface area contributed by atoms with Crippen molar-refractivity contribution in [3.8, 4) is 5.75 Å². The lowest BCUT2D eigenvalue weighted by molar-refractivity contribution is -0.143. The molecule has 1 aromatic carbocycles. The maximum atomic E-state index is 12.3. The molecule has 3 atom stereocenters. The Hall–Kier alpha value is -1.76. The number of carboxylic acids is 1. The molecule has 3 unspecified atom stereocenters. The van der Waals surface area contributed by atoms with Crippen molar-refractivity contribution in [3.63, 3.8) is 0 Å². The van der Waals surface area contributed by atoms with Crippen LogP contribution in [0.2, 0.25) is 0 Å². The standard InChI is InChI=1S/C17H23BrN2O4/c1-11-7-13(16(21)22)10-20(9-11)17(23)19-8-12(2)24-15-6-4-3-5-14(15)18/h3-6,11-13H,7-10H2,1-2H3,(H,19,23)(H,21,22). The second-order valence-electron chi connectivity index (χ2n) is 6.33. The zero-order valence-electron chi connectivity index (χ0n) is 13.9. The van der Waals surface area contributed by atoms with Crippen LogP contribution in [0.25, 0.3) is 0 Å². The first-order chi connectivity index (χ1) is 11.4. The summed E-state index contributed by atoms with van der Waals surface area (Å²) < 4.78 is 6.65. The maximum Gasteiger partial charge on any atom is 0.317 e. The Morgan fingerprint density at radius 1 is 1.42 bits per heavy atom. The minimum absolute atomic E-state index is 0.180. The Morgan fingerprint density at radius 3 is 2.79 bits per heavy atom. The van der Waals surface area contributed by atoms with Crippen molar-refractivity contribution in [2.24, 2.45) is 11.8 Å². The zero-order chi connectivity index (χ0) is 17.7. The highest BCUT2D eigenvalue weighted by Crippen LogP contribution is 2.25. The molecule has 0 bridgehead atoms. The van der Waals surface area contributed by atoms with Crippen molar-refractivity contribution in [1.29, 1.82) is 0 Å². The Kier molecular flexibility index (Phi) is 6.48. The number of hydrogen-bond donors (Lipinski definition) is 2. The molecule has 1 aliphatic heterocycles. The molecule has 0 saturated carbocycles. The molecule has 2 rings (SSSR count). The molecule has 1 saturated heterocycles. The molecular weight excluding hydrogens is 376 g/mol. The van der Waals surface area contributed by atoms with Crippen LogP contribution in [0.15, 0.2) is 28.7 Å². The van der Waals surface area contributed by atoms with Crippen LogP contribution in [-0.4, -0.2) is 47.7 Å². The van der Waals surface area contributed by atoms with E-state index in [2.05, 4.69) is 21.2 Å². The first-order valence-corrected chi connectivity index (χ1v) is 8.83. The van der Waals surface area contributed by atoms with E-state index in [0.29, 0.717) is 19.5 Å². The van der Waals surface area contributed by atoms with Crippen molar-refractivity contribution in [1.82, 2.24) is 10.2 Å². The Balaban J connectivity index is 1.83. The minimum Gasteiger partial charge on any atom is -0.488 e. The summed E-state index contributed by atoms with van der Waals surface area (Å²) in [6.45, 7) is 5.02. The molecule has 6 nitrogen and oxygen atoms in total. The van der Waals surface area contributed by atoms with Crippen LogP contribution < -0.4 is 10.1 Å². The maximum absolute atomic E-state index is 12.3. The number of ether oxygens (including phenoxy) is 1. The number of nitrogens with one attached hydrogen (secondary N) is 1. The van der Waals surface area contributed by atoms with E-state index in [1.165, 1.54) is 0 Å². The van der Waals surface area contributed by atoms with Crippen LogP contribution in [0.4, 0.5) is 4.79 Å². The summed E-state index contributed by atoms with van der Waals surface area (Å²) in [5.41, 5.74) is 0. The molecule has 1 fully saturated rings. The highest BCUT2D eigenvalue weighted by molar-refractivity contribution is 9.10. The molecule has 2 amide bonds. The Bertz CT molecular complexity index is 596. The van der Waals surface area contributed by atoms with Gasteiger partial charge in [-0.25, -0.2) is 4.79 Å². The van der Waals surface area contributed by atoms with Gasteiger partial charge in [0.25, 0.3) is 0 Å². The highest BCUT2D eigenvalue weighted by atomic mass is 79.9. The number of aliphatic carboxylic acids is 1. The second kappa shape index (κ2) is 8.37. The Morgan fingerprint density at radius 2 is 2.12 bits per heavy atom. The summed E-state index contributed by atoms with van der Waals surface area (Å²) in [5, 5.41) is 12.0. The van der Waals surface area contributed by atoms with Gasteiger partial charge in [0.15, 0.2) is 0 Å². The molecule has 0 radical (unpaired) electrons. The summed E-state index contributed by atoms with van der Waals surface area (Å²) >= 11 is 3.42. The number of nitrogens with zero attached hydrogens (tertiary/aromatic N) is 1. The van der Waals surface area contributed by atoms with Crippen LogP contribution in [0.3, 0.4) is 0 Å². The van der Waals surface area contributed by atoms with E-state index < -0.39 is 11.9 Å². The summed E-state index contributed by atoms with van der Waals surface area (Å²) in [6, 6.07) is 7.29. The fourth-order valence-electron chi connectivity index (χ4n) is 2.84. The number of carboxylic acid groups (broad SMARTS) is 1. The number of carbonyl (C=O) groups excluding carboxylic acids is 1. The van der Waals surface area contributed by atoms with E-state index in [1.54, 1.807) is 4.90 Å². The lowest BCUT2D eigenvalue weighted by Crippen LogP contribution is -2.50. The van der Waals surface area contributed by atoms with Crippen LogP contribution in [0.5, 0.6) is 5.75 Å². The van der Waals surface area contributed by atoms with Gasteiger partial charge in [-0.3, -0.25) is 4.79 Å². The first kappa shape index (κ1) is 18.6. The minimum atomic E-state index is -0.843. The number of carbonyl (C=O) groups is 2. The molecule has 0 aliphatic carbocycles. The van der Waals surface area contributed by atoms with Gasteiger partial charge in [-0.1, -0.05) is 19.1 Å². The van der Waals surface area contributed by atoms with Crippen molar-refractivity contribution in [2.75, 3.05) is 19.6 Å². The molecule has 24 heavy (non-hydrogen) atoms. The summed E-state index contributed by atoms with van der Waals surface area (Å²) in [6.07, 6.45) is 0.408. The number of rotatable bonds is 5. The predicted octanol–water partition coefficient (Wildman–Crippen LogP) is 2.97. The third kappa shape index (κ3) is 5.12. The lowest BCUT2D eigenvalue weighted by atomic mass is 9.91. The molecule has 1 aromatic rings. The van der Waals surface area contributed by atoms with Gasteiger partial charge in [0.2, 0.25) is 0 Å². The van der Waals surface area contributed by atoms with Gasteiger partial charge < -0.3 is 20.1 Å². The molecule has 0 aromatic heterocycles. The van der Waals surface area contributed by atoms with E-state index >= 15 is 0 Å². The number of likely N-dealkylation sites (tertiary alicyclic amines) is 1. The van der Waals surface area contributed by atoms with Gasteiger partial charge in [0, 0.05) is 13.1 Å². The van der Waals surface area contributed by atoms with Crippen LogP contribution in [-0.2, 0) is 4.79 Å². The van der Waals surface area contributed by atoms with E-state index in [-0.39, 0.29) is 24.6 Å². The van der Waals surface area contributed by atoms with Gasteiger partial charge in [0.05, 0.1) is 16.9 Å². The largest absolute Gasteiger partial charge is 0.488 e. The highest BCUT2D eigenvalue weighted by Gasteiger charge is 2.31. The number of hydrogen-bond acceptors (Lipinski definition) is 3. The molecule has 1 heterocycles. The van der Waals surface area contributed by atoms with E-state index in [9.17, 15) is 14.7 Å². The summed E-state index contributed by atoms with van der Waals surface area (Å²) in [4.78, 5) is 25.1. The van der Waals surface area contributed by atoms with E-state index in [0.717, 1.165) is 10.2 Å². The Labute approximate surface area is 150 Å². The molecule has 132 valence electrons. The third-order valence-electron chi connectivity index (χ3n) is 4.00. The van der Waals surface area contributed by atoms with Crippen LogP contribution in [0.1, 0.15) is 20.3 Å². The number of urea groups is 1. The van der Waals surface area contributed by atoms with Crippen LogP contribution in [0, 0.1) is 11.8 Å². The number of benzene rings is 1. The smallest absolute Gasteiger partial charge is 0.317 e.